The van der Waals surface area contributed by atoms with Crippen molar-refractivity contribution in [3.63, 3.8) is 0 Å². The zero-order chi connectivity index (χ0) is 13.7. The molecule has 0 spiro atoms. The topological polar surface area (TPSA) is 65.6 Å². The first-order valence-corrected chi connectivity index (χ1v) is 5.59. The van der Waals surface area contributed by atoms with Gasteiger partial charge in [-0.1, -0.05) is 0 Å². The molecule has 2 rings (SSSR count). The van der Waals surface area contributed by atoms with Crippen molar-refractivity contribution in [1.82, 2.24) is 10.2 Å². The fourth-order valence-corrected chi connectivity index (χ4v) is 1.70. The number of H-pyrrole nitrogens is 1. The molecule has 0 atom stereocenters. The normalized spacial score (nSPS) is 10.3. The lowest BCUT2D eigenvalue weighted by Crippen LogP contribution is -2.02. The molecule has 1 N–H and O–H groups in total. The molecule has 1 aromatic carbocycles. The second kappa shape index (κ2) is 6.10. The maximum absolute atomic E-state index is 5.55. The molecule has 19 heavy (non-hydrogen) atoms. The van der Waals surface area contributed by atoms with E-state index in [4.69, 9.17) is 18.9 Å². The molecule has 6 heteroatoms. The second-order valence-electron chi connectivity index (χ2n) is 3.66. The Morgan fingerprint density at radius 1 is 1.16 bits per heavy atom. The number of benzene rings is 1. The van der Waals surface area contributed by atoms with E-state index in [1.165, 1.54) is 0 Å². The van der Waals surface area contributed by atoms with Gasteiger partial charge in [-0.2, -0.15) is 5.10 Å². The van der Waals surface area contributed by atoms with Gasteiger partial charge in [0.1, 0.15) is 23.4 Å². The van der Waals surface area contributed by atoms with Gasteiger partial charge in [0.05, 0.1) is 25.5 Å². The standard InChI is InChI=1S/C13H15N2O4/c1-16-8-19-12-7-9(17-2)6-11(18-3)13(12)10-4-5-14-15-10/h4,6-7H,8H2,1-3H3,(H,14,15). The van der Waals surface area contributed by atoms with Crippen LogP contribution in [-0.2, 0) is 4.74 Å². The number of ether oxygens (including phenoxy) is 4. The summed E-state index contributed by atoms with van der Waals surface area (Å²) in [6.07, 6.45) is 2.71. The number of aromatic amines is 1. The molecule has 2 aromatic rings. The Morgan fingerprint density at radius 2 is 1.95 bits per heavy atom. The van der Waals surface area contributed by atoms with Crippen molar-refractivity contribution in [3.8, 4) is 28.5 Å². The lowest BCUT2D eigenvalue weighted by molar-refractivity contribution is 0.0512. The van der Waals surface area contributed by atoms with Gasteiger partial charge in [0.2, 0.25) is 0 Å². The zero-order valence-corrected chi connectivity index (χ0v) is 11.0. The van der Waals surface area contributed by atoms with E-state index in [2.05, 4.69) is 16.4 Å². The van der Waals surface area contributed by atoms with E-state index in [0.717, 1.165) is 11.3 Å². The van der Waals surface area contributed by atoms with Crippen LogP contribution in [0, 0.1) is 6.20 Å². The summed E-state index contributed by atoms with van der Waals surface area (Å²) in [6.45, 7) is 0.126. The van der Waals surface area contributed by atoms with E-state index in [1.807, 2.05) is 0 Å². The molecule has 0 aliphatic carbocycles. The Kier molecular flexibility index (Phi) is 4.25. The predicted octanol–water partition coefficient (Wildman–Crippen LogP) is 1.88. The molecular weight excluding hydrogens is 248 g/mol. The van der Waals surface area contributed by atoms with Gasteiger partial charge in [-0.05, 0) is 6.07 Å². The van der Waals surface area contributed by atoms with E-state index in [0.29, 0.717) is 17.2 Å². The molecule has 0 bridgehead atoms. The molecule has 0 saturated carbocycles. The third-order valence-electron chi connectivity index (χ3n) is 2.55. The molecule has 0 aliphatic heterocycles. The van der Waals surface area contributed by atoms with Crippen molar-refractivity contribution in [2.45, 2.75) is 0 Å². The largest absolute Gasteiger partial charge is 0.496 e. The summed E-state index contributed by atoms with van der Waals surface area (Å²) in [4.78, 5) is 0. The van der Waals surface area contributed by atoms with E-state index in [-0.39, 0.29) is 6.79 Å². The van der Waals surface area contributed by atoms with E-state index >= 15 is 0 Å². The van der Waals surface area contributed by atoms with Gasteiger partial charge in [-0.25, -0.2) is 0 Å². The minimum Gasteiger partial charge on any atom is -0.496 e. The van der Waals surface area contributed by atoms with Crippen LogP contribution in [0.25, 0.3) is 11.3 Å². The van der Waals surface area contributed by atoms with Crippen molar-refractivity contribution in [2.75, 3.05) is 28.1 Å². The van der Waals surface area contributed by atoms with Crippen LogP contribution in [0.5, 0.6) is 17.2 Å². The van der Waals surface area contributed by atoms with Crippen LogP contribution in [0.3, 0.4) is 0 Å². The van der Waals surface area contributed by atoms with Gasteiger partial charge in [-0.15, -0.1) is 0 Å². The number of aromatic nitrogens is 2. The highest BCUT2D eigenvalue weighted by Gasteiger charge is 2.16. The molecule has 0 fully saturated rings. The highest BCUT2D eigenvalue weighted by molar-refractivity contribution is 5.75. The monoisotopic (exact) mass is 263 g/mol. The number of rotatable bonds is 6. The molecule has 0 saturated heterocycles. The Morgan fingerprint density at radius 3 is 2.53 bits per heavy atom. The van der Waals surface area contributed by atoms with E-state index < -0.39 is 0 Å². The second-order valence-corrected chi connectivity index (χ2v) is 3.66. The van der Waals surface area contributed by atoms with Crippen molar-refractivity contribution >= 4 is 0 Å². The van der Waals surface area contributed by atoms with E-state index in [1.54, 1.807) is 39.5 Å². The summed E-state index contributed by atoms with van der Waals surface area (Å²) in [5.41, 5.74) is 1.49. The maximum atomic E-state index is 5.55. The number of methoxy groups -OCH3 is 3. The third kappa shape index (κ3) is 2.79. The molecule has 101 valence electrons. The summed E-state index contributed by atoms with van der Waals surface area (Å²) in [5, 5.41) is 6.65. The first-order valence-electron chi connectivity index (χ1n) is 5.59. The third-order valence-corrected chi connectivity index (χ3v) is 2.55. The molecule has 0 amide bonds. The molecular formula is C13H15N2O4. The summed E-state index contributed by atoms with van der Waals surface area (Å²) in [6, 6.07) is 5.25. The Labute approximate surface area is 111 Å². The fourth-order valence-electron chi connectivity index (χ4n) is 1.70. The summed E-state index contributed by atoms with van der Waals surface area (Å²) < 4.78 is 21.1. The SMILES string of the molecule is COCOc1cc(OC)cc(OC)c1-c1c[c]n[nH]1. The predicted molar refractivity (Wildman–Crippen MR) is 68.5 cm³/mol. The van der Waals surface area contributed by atoms with Crippen molar-refractivity contribution in [2.24, 2.45) is 0 Å². The highest BCUT2D eigenvalue weighted by atomic mass is 16.7. The molecule has 1 radical (unpaired) electrons. The van der Waals surface area contributed by atoms with Crippen LogP contribution in [0.4, 0.5) is 0 Å². The fraction of sp³-hybridized carbons (Fsp3) is 0.308. The van der Waals surface area contributed by atoms with Crippen LogP contribution >= 0.6 is 0 Å². The summed E-state index contributed by atoms with van der Waals surface area (Å²) in [5.74, 6) is 1.83. The molecule has 0 unspecified atom stereocenters. The molecule has 0 aliphatic rings. The number of nitrogens with one attached hydrogen (secondary N) is 1. The Hall–Kier alpha value is -2.21. The number of hydrogen-bond donors (Lipinski definition) is 1. The average molecular weight is 263 g/mol. The van der Waals surface area contributed by atoms with E-state index in [9.17, 15) is 0 Å². The Balaban J connectivity index is 2.53. The van der Waals surface area contributed by atoms with Crippen LogP contribution in [0.1, 0.15) is 0 Å². The van der Waals surface area contributed by atoms with Gasteiger partial charge in [-0.3, -0.25) is 5.10 Å². The minimum atomic E-state index is 0.126. The molecule has 1 heterocycles. The van der Waals surface area contributed by atoms with Gasteiger partial charge in [0, 0.05) is 19.2 Å². The first-order chi connectivity index (χ1) is 9.30. The summed E-state index contributed by atoms with van der Waals surface area (Å²) >= 11 is 0. The van der Waals surface area contributed by atoms with Crippen LogP contribution in [0.15, 0.2) is 18.2 Å². The quantitative estimate of drug-likeness (QED) is 0.806. The smallest absolute Gasteiger partial charge is 0.188 e. The Bertz CT molecular complexity index is 526. The van der Waals surface area contributed by atoms with Crippen molar-refractivity contribution < 1.29 is 18.9 Å². The number of hydrogen-bond acceptors (Lipinski definition) is 5. The summed E-state index contributed by atoms with van der Waals surface area (Å²) in [7, 11) is 4.72. The molecule has 6 nitrogen and oxygen atoms in total. The van der Waals surface area contributed by atoms with Crippen molar-refractivity contribution in [1.29, 1.82) is 0 Å². The van der Waals surface area contributed by atoms with Gasteiger partial charge in [0.15, 0.2) is 6.79 Å². The zero-order valence-electron chi connectivity index (χ0n) is 11.0. The van der Waals surface area contributed by atoms with Crippen LogP contribution < -0.4 is 14.2 Å². The highest BCUT2D eigenvalue weighted by Crippen LogP contribution is 2.40. The average Bonchev–Trinajstić information content (AvgIpc) is 2.97. The lowest BCUT2D eigenvalue weighted by atomic mass is 10.1. The number of nitrogens with zero attached hydrogens (tertiary/aromatic N) is 1. The molecule has 1 aromatic heterocycles. The van der Waals surface area contributed by atoms with Crippen LogP contribution in [0.2, 0.25) is 0 Å². The van der Waals surface area contributed by atoms with Gasteiger partial charge >= 0.3 is 0 Å². The van der Waals surface area contributed by atoms with Gasteiger partial charge < -0.3 is 18.9 Å². The minimum absolute atomic E-state index is 0.126. The van der Waals surface area contributed by atoms with Crippen molar-refractivity contribution in [3.05, 3.63) is 24.4 Å². The maximum Gasteiger partial charge on any atom is 0.188 e. The lowest BCUT2D eigenvalue weighted by Gasteiger charge is -2.15. The first kappa shape index (κ1) is 13.2. The van der Waals surface area contributed by atoms with Gasteiger partial charge in [0.25, 0.3) is 0 Å². The van der Waals surface area contributed by atoms with Crippen LogP contribution in [-0.4, -0.2) is 38.3 Å².